The summed E-state index contributed by atoms with van der Waals surface area (Å²) in [5, 5.41) is 21.1. The molecule has 0 spiro atoms. The van der Waals surface area contributed by atoms with E-state index in [0.29, 0.717) is 0 Å². The molecule has 1 saturated heterocycles. The Morgan fingerprint density at radius 2 is 2.13 bits per heavy atom. The van der Waals surface area contributed by atoms with Gasteiger partial charge in [0.2, 0.25) is 0 Å². The summed E-state index contributed by atoms with van der Waals surface area (Å²) in [6.45, 7) is 0.556. The molecular weight excluding hydrogens is 335 g/mol. The zero-order valence-electron chi connectivity index (χ0n) is 11.9. The Bertz CT molecular complexity index is 810. The van der Waals surface area contributed by atoms with Crippen molar-refractivity contribution >= 4 is 7.82 Å². The maximum Gasteiger partial charge on any atom is 0.469 e. The van der Waals surface area contributed by atoms with Crippen molar-refractivity contribution in [2.45, 2.75) is 36.4 Å². The summed E-state index contributed by atoms with van der Waals surface area (Å²) in [4.78, 5) is 42.5. The fraction of sp³-hybridized carbons (Fsp3) is 0.636. The van der Waals surface area contributed by atoms with Crippen LogP contribution in [0.25, 0.3) is 0 Å². The van der Waals surface area contributed by atoms with Gasteiger partial charge in [-0.05, 0) is 6.92 Å². The van der Waals surface area contributed by atoms with E-state index in [4.69, 9.17) is 14.5 Å². The van der Waals surface area contributed by atoms with Crippen molar-refractivity contribution in [3.05, 3.63) is 33.1 Å². The van der Waals surface area contributed by atoms with Crippen LogP contribution in [-0.2, 0) is 13.8 Å². The van der Waals surface area contributed by atoms with Gasteiger partial charge in [0.15, 0.2) is 6.23 Å². The number of aromatic amines is 1. The van der Waals surface area contributed by atoms with E-state index in [0.717, 1.165) is 16.8 Å². The molecule has 3 rings (SSSR count). The number of rotatable bonds is 4. The number of aromatic nitrogens is 2. The average molecular weight is 350 g/mol. The Morgan fingerprint density at radius 1 is 1.48 bits per heavy atom. The smallest absolute Gasteiger partial charge is 0.383 e. The van der Waals surface area contributed by atoms with E-state index >= 15 is 0 Å². The highest BCUT2D eigenvalue weighted by atomic mass is 31.2. The van der Waals surface area contributed by atoms with Gasteiger partial charge in [-0.2, -0.15) is 0 Å². The third kappa shape index (κ3) is 2.32. The van der Waals surface area contributed by atoms with Gasteiger partial charge in [-0.25, -0.2) is 9.36 Å². The summed E-state index contributed by atoms with van der Waals surface area (Å²) in [6.07, 6.45) is -0.404. The lowest BCUT2D eigenvalue weighted by Crippen LogP contribution is -2.49. The quantitative estimate of drug-likeness (QED) is 0.378. The number of hydrogen-bond donors (Lipinski definition) is 5. The molecule has 0 unspecified atom stereocenters. The Morgan fingerprint density at radius 3 is 2.70 bits per heavy atom. The Balaban J connectivity index is 1.95. The van der Waals surface area contributed by atoms with Crippen molar-refractivity contribution in [3.63, 3.8) is 0 Å². The molecule has 1 aliphatic heterocycles. The molecular formula is C11H15N2O9P. The average Bonchev–Trinajstić information content (AvgIpc) is 2.96. The molecule has 11 nitrogen and oxygen atoms in total. The van der Waals surface area contributed by atoms with Gasteiger partial charge in [0.1, 0.15) is 16.8 Å². The van der Waals surface area contributed by atoms with Crippen molar-refractivity contribution in [3.8, 4) is 0 Å². The Labute approximate surface area is 128 Å². The predicted octanol–water partition coefficient (Wildman–Crippen LogP) is -2.20. The summed E-state index contributed by atoms with van der Waals surface area (Å²) >= 11 is 0. The summed E-state index contributed by atoms with van der Waals surface area (Å²) in [7, 11) is -4.80. The molecule has 1 saturated carbocycles. The van der Waals surface area contributed by atoms with Crippen molar-refractivity contribution in [2.24, 2.45) is 0 Å². The number of ether oxygens (including phenoxy) is 1. The second-order valence-corrected chi connectivity index (χ2v) is 7.17. The topological polar surface area (TPSA) is 171 Å². The maximum atomic E-state index is 11.8. The van der Waals surface area contributed by atoms with Crippen LogP contribution in [0.1, 0.15) is 19.6 Å². The maximum absolute atomic E-state index is 11.8. The third-order valence-corrected chi connectivity index (χ3v) is 4.86. The van der Waals surface area contributed by atoms with E-state index in [-0.39, 0.29) is 6.42 Å². The molecule has 2 aliphatic rings. The first-order valence-electron chi connectivity index (χ1n) is 6.56. The minimum Gasteiger partial charge on any atom is -0.383 e. The number of H-pyrrole nitrogens is 1. The van der Waals surface area contributed by atoms with Crippen LogP contribution in [0.4, 0.5) is 0 Å². The fourth-order valence-electron chi connectivity index (χ4n) is 3.01. The normalized spacial score (nSPS) is 39.3. The molecule has 128 valence electrons. The monoisotopic (exact) mass is 350 g/mol. The van der Waals surface area contributed by atoms with Crippen LogP contribution in [0.15, 0.2) is 21.9 Å². The first-order chi connectivity index (χ1) is 10.4. The van der Waals surface area contributed by atoms with E-state index in [1.807, 2.05) is 4.98 Å². The van der Waals surface area contributed by atoms with Gasteiger partial charge in [0, 0.05) is 18.7 Å². The van der Waals surface area contributed by atoms with Gasteiger partial charge < -0.3 is 24.7 Å². The predicted molar refractivity (Wildman–Crippen MR) is 72.4 cm³/mol. The molecule has 23 heavy (non-hydrogen) atoms. The Kier molecular flexibility index (Phi) is 3.31. The third-order valence-electron chi connectivity index (χ3n) is 4.40. The first kappa shape index (κ1) is 16.5. The minimum absolute atomic E-state index is 0.123. The van der Waals surface area contributed by atoms with Gasteiger partial charge in [-0.15, -0.1) is 0 Å². The molecule has 0 aromatic carbocycles. The fourth-order valence-corrected chi connectivity index (χ4v) is 3.39. The largest absolute Gasteiger partial charge is 0.469 e. The standard InChI is InChI=1S/C11H15N2O9P/c1-9(16)7(13-3-2-6(14)12-8(13)15)22-10(4-11(9,10)17)5-21-23(18,19)20/h2-3,7,16-17H,4-5H2,1H3,(H,12,14,15)(H2,18,19,20)/t7-,9+,10-,11+/m1/s1. The van der Waals surface area contributed by atoms with Gasteiger partial charge in [0.05, 0.1) is 6.61 Å². The first-order valence-corrected chi connectivity index (χ1v) is 8.09. The number of fused-ring (bicyclic) bond motifs is 1. The molecule has 1 aromatic heterocycles. The van der Waals surface area contributed by atoms with Crippen LogP contribution >= 0.6 is 7.82 Å². The van der Waals surface area contributed by atoms with Gasteiger partial charge in [-0.3, -0.25) is 18.9 Å². The summed E-state index contributed by atoms with van der Waals surface area (Å²) < 4.78 is 21.6. The van der Waals surface area contributed by atoms with E-state index < -0.39 is 48.7 Å². The number of nitrogens with zero attached hydrogens (tertiary/aromatic N) is 1. The number of hydrogen-bond acceptors (Lipinski definition) is 7. The van der Waals surface area contributed by atoms with Crippen LogP contribution < -0.4 is 11.2 Å². The number of nitrogens with one attached hydrogen (secondary N) is 1. The number of phosphoric acid groups is 1. The lowest BCUT2D eigenvalue weighted by atomic mass is 9.94. The molecule has 0 radical (unpaired) electrons. The molecule has 1 aliphatic carbocycles. The summed E-state index contributed by atoms with van der Waals surface area (Å²) in [5.74, 6) is 0. The molecule has 0 amide bonds. The van der Waals surface area contributed by atoms with E-state index in [1.54, 1.807) is 0 Å². The molecule has 12 heteroatoms. The van der Waals surface area contributed by atoms with E-state index in [1.165, 1.54) is 6.92 Å². The zero-order valence-corrected chi connectivity index (χ0v) is 12.8. The van der Waals surface area contributed by atoms with Crippen molar-refractivity contribution in [1.82, 2.24) is 9.55 Å². The molecule has 2 heterocycles. The van der Waals surface area contributed by atoms with E-state index in [2.05, 4.69) is 4.52 Å². The van der Waals surface area contributed by atoms with Gasteiger partial charge in [-0.1, -0.05) is 0 Å². The zero-order chi connectivity index (χ0) is 17.3. The van der Waals surface area contributed by atoms with Crippen LogP contribution in [0, 0.1) is 0 Å². The van der Waals surface area contributed by atoms with Crippen molar-refractivity contribution in [1.29, 1.82) is 0 Å². The molecule has 1 aromatic rings. The summed E-state index contributed by atoms with van der Waals surface area (Å²) in [6, 6.07) is 1.04. The summed E-state index contributed by atoms with van der Waals surface area (Å²) in [5.41, 5.74) is -6.87. The highest BCUT2D eigenvalue weighted by Crippen LogP contribution is 2.67. The number of phosphoric ester groups is 1. The highest BCUT2D eigenvalue weighted by Gasteiger charge is 2.84. The van der Waals surface area contributed by atoms with E-state index in [9.17, 15) is 24.4 Å². The second kappa shape index (κ2) is 4.61. The minimum atomic E-state index is -4.80. The number of aliphatic hydroxyl groups is 2. The molecule has 5 N–H and O–H groups in total. The van der Waals surface area contributed by atoms with Crippen LogP contribution in [0.3, 0.4) is 0 Å². The molecule has 4 atom stereocenters. The van der Waals surface area contributed by atoms with Gasteiger partial charge >= 0.3 is 13.5 Å². The lowest BCUT2D eigenvalue weighted by molar-refractivity contribution is -0.144. The van der Waals surface area contributed by atoms with Crippen LogP contribution in [-0.4, -0.2) is 53.0 Å². The molecule has 0 bridgehead atoms. The van der Waals surface area contributed by atoms with Crippen molar-refractivity contribution < 1.29 is 33.8 Å². The van der Waals surface area contributed by atoms with Crippen LogP contribution in [0.2, 0.25) is 0 Å². The molecule has 2 fully saturated rings. The van der Waals surface area contributed by atoms with Crippen molar-refractivity contribution in [2.75, 3.05) is 6.61 Å². The van der Waals surface area contributed by atoms with Gasteiger partial charge in [0.25, 0.3) is 5.56 Å². The SMILES string of the molecule is C[C@]1(O)[C@H](n2ccc(=O)[nH]c2=O)O[C@@]2(COP(=O)(O)O)C[C@@]21O. The second-order valence-electron chi connectivity index (χ2n) is 5.93. The Hall–Kier alpha value is -1.33. The lowest BCUT2D eigenvalue weighted by Gasteiger charge is -2.31. The van der Waals surface area contributed by atoms with Crippen LogP contribution in [0.5, 0.6) is 0 Å². The highest BCUT2D eigenvalue weighted by molar-refractivity contribution is 7.46.